The van der Waals surface area contributed by atoms with Crippen LogP contribution in [0.15, 0.2) is 59.0 Å². The number of amides is 1. The molecule has 1 aliphatic rings. The van der Waals surface area contributed by atoms with Crippen molar-refractivity contribution in [3.05, 3.63) is 65.9 Å². The summed E-state index contributed by atoms with van der Waals surface area (Å²) in [5.41, 5.74) is 7.31. The van der Waals surface area contributed by atoms with Gasteiger partial charge in [0, 0.05) is 17.0 Å². The minimum Gasteiger partial charge on any atom is -0.489 e. The molecule has 0 radical (unpaired) electrons. The van der Waals surface area contributed by atoms with Crippen LogP contribution in [-0.4, -0.2) is 18.5 Å². The molecule has 2 aromatic carbocycles. The zero-order chi connectivity index (χ0) is 18.6. The summed E-state index contributed by atoms with van der Waals surface area (Å²) in [6.07, 6.45) is 3.12. The van der Waals surface area contributed by atoms with Crippen molar-refractivity contribution in [2.45, 2.75) is 31.9 Å². The van der Waals surface area contributed by atoms with Gasteiger partial charge < -0.3 is 20.2 Å². The van der Waals surface area contributed by atoms with Crippen LogP contribution in [0.1, 0.15) is 35.4 Å². The average Bonchev–Trinajstić information content (AvgIpc) is 3.31. The number of fused-ring (bicyclic) bond motifs is 1. The van der Waals surface area contributed by atoms with Gasteiger partial charge in [0.2, 0.25) is 0 Å². The first-order chi connectivity index (χ1) is 13.3. The summed E-state index contributed by atoms with van der Waals surface area (Å²) in [6.45, 7) is 0.865. The molecule has 1 heterocycles. The molecule has 27 heavy (non-hydrogen) atoms. The number of nitrogens with two attached hydrogens (primary N) is 1. The summed E-state index contributed by atoms with van der Waals surface area (Å²) < 4.78 is 11.8. The van der Waals surface area contributed by atoms with Crippen molar-refractivity contribution in [2.24, 2.45) is 11.7 Å². The number of carbonyl (C=O) groups excluding carboxylic acids is 1. The van der Waals surface area contributed by atoms with E-state index in [4.69, 9.17) is 14.9 Å². The molecule has 3 N–H and O–H groups in total. The number of hydrogen-bond donors (Lipinski definition) is 2. The number of rotatable bonds is 6. The molecule has 0 saturated heterocycles. The molecule has 2 unspecified atom stereocenters. The van der Waals surface area contributed by atoms with E-state index in [0.29, 0.717) is 23.8 Å². The lowest BCUT2D eigenvalue weighted by Crippen LogP contribution is -2.40. The maximum atomic E-state index is 13.0. The fourth-order valence-corrected chi connectivity index (χ4v) is 3.84. The van der Waals surface area contributed by atoms with Crippen LogP contribution in [-0.2, 0) is 6.61 Å². The lowest BCUT2D eigenvalue weighted by molar-refractivity contribution is 0.0899. The van der Waals surface area contributed by atoms with Crippen molar-refractivity contribution in [1.29, 1.82) is 0 Å². The second kappa shape index (κ2) is 7.84. The standard InChI is InChI=1S/C22H24N2O3/c23-13-15-7-6-11-19(15)24-22(25)21-18(14-26-16-8-2-1-3-9-16)17-10-4-5-12-20(17)27-21/h1-5,8-10,12,15,19H,6-7,11,13-14,23H2,(H,24,25). The smallest absolute Gasteiger partial charge is 0.287 e. The SMILES string of the molecule is NCC1CCCC1NC(=O)c1oc2ccccc2c1COc1ccccc1. The Balaban J connectivity index is 1.60. The number of hydrogen-bond acceptors (Lipinski definition) is 4. The van der Waals surface area contributed by atoms with Gasteiger partial charge in [0.1, 0.15) is 17.9 Å². The molecule has 1 aromatic heterocycles. The molecule has 1 fully saturated rings. The Morgan fingerprint density at radius 1 is 1.11 bits per heavy atom. The first-order valence-corrected chi connectivity index (χ1v) is 9.45. The monoisotopic (exact) mass is 364 g/mol. The van der Waals surface area contributed by atoms with E-state index in [1.54, 1.807) is 0 Å². The highest BCUT2D eigenvalue weighted by Gasteiger charge is 2.30. The molecule has 1 saturated carbocycles. The fourth-order valence-electron chi connectivity index (χ4n) is 3.84. The summed E-state index contributed by atoms with van der Waals surface area (Å²) in [7, 11) is 0. The Kier molecular flexibility index (Phi) is 5.12. The summed E-state index contributed by atoms with van der Waals surface area (Å²) in [5, 5.41) is 4.03. The molecule has 4 rings (SSSR count). The van der Waals surface area contributed by atoms with Gasteiger partial charge in [0.25, 0.3) is 5.91 Å². The maximum absolute atomic E-state index is 13.0. The van der Waals surface area contributed by atoms with E-state index in [1.165, 1.54) is 0 Å². The third-order valence-corrected chi connectivity index (χ3v) is 5.31. The largest absolute Gasteiger partial charge is 0.489 e. The molecule has 1 aliphatic carbocycles. The zero-order valence-corrected chi connectivity index (χ0v) is 15.2. The van der Waals surface area contributed by atoms with Gasteiger partial charge >= 0.3 is 0 Å². The second-order valence-electron chi connectivity index (χ2n) is 7.01. The van der Waals surface area contributed by atoms with Crippen LogP contribution in [0.5, 0.6) is 5.75 Å². The van der Waals surface area contributed by atoms with Gasteiger partial charge in [0.05, 0.1) is 0 Å². The van der Waals surface area contributed by atoms with Crippen molar-refractivity contribution in [1.82, 2.24) is 5.32 Å². The molecule has 0 spiro atoms. The number of furan rings is 1. The molecular weight excluding hydrogens is 340 g/mol. The van der Waals surface area contributed by atoms with Gasteiger partial charge in [0.15, 0.2) is 5.76 Å². The van der Waals surface area contributed by atoms with Gasteiger partial charge in [-0.05, 0) is 43.5 Å². The zero-order valence-electron chi connectivity index (χ0n) is 15.2. The molecule has 0 bridgehead atoms. The highest BCUT2D eigenvalue weighted by molar-refractivity contribution is 5.99. The van der Waals surface area contributed by atoms with E-state index in [-0.39, 0.29) is 18.6 Å². The summed E-state index contributed by atoms with van der Waals surface area (Å²) in [6, 6.07) is 17.3. The van der Waals surface area contributed by atoms with Gasteiger partial charge in [-0.25, -0.2) is 0 Å². The Labute approximate surface area is 158 Å². The quantitative estimate of drug-likeness (QED) is 0.696. The molecule has 1 amide bonds. The highest BCUT2D eigenvalue weighted by atomic mass is 16.5. The topological polar surface area (TPSA) is 77.5 Å². The third kappa shape index (κ3) is 3.69. The predicted molar refractivity (Wildman–Crippen MR) is 105 cm³/mol. The molecule has 2 atom stereocenters. The molecule has 5 nitrogen and oxygen atoms in total. The lowest BCUT2D eigenvalue weighted by atomic mass is 10.0. The Bertz CT molecular complexity index is 920. The summed E-state index contributed by atoms with van der Waals surface area (Å²) in [4.78, 5) is 13.0. The highest BCUT2D eigenvalue weighted by Crippen LogP contribution is 2.29. The van der Waals surface area contributed by atoms with E-state index >= 15 is 0 Å². The number of para-hydroxylation sites is 2. The molecule has 140 valence electrons. The van der Waals surface area contributed by atoms with E-state index in [0.717, 1.165) is 36.0 Å². The van der Waals surface area contributed by atoms with Crippen LogP contribution in [0.3, 0.4) is 0 Å². The van der Waals surface area contributed by atoms with E-state index < -0.39 is 0 Å². The summed E-state index contributed by atoms with van der Waals surface area (Å²) in [5.74, 6) is 1.23. The van der Waals surface area contributed by atoms with Crippen LogP contribution < -0.4 is 15.8 Å². The number of carbonyl (C=O) groups is 1. The molecule has 0 aliphatic heterocycles. The Hall–Kier alpha value is -2.79. The van der Waals surface area contributed by atoms with Crippen molar-refractivity contribution < 1.29 is 13.9 Å². The van der Waals surface area contributed by atoms with Crippen molar-refractivity contribution in [3.8, 4) is 5.75 Å². The first kappa shape index (κ1) is 17.6. The Morgan fingerprint density at radius 3 is 2.70 bits per heavy atom. The maximum Gasteiger partial charge on any atom is 0.287 e. The van der Waals surface area contributed by atoms with Crippen molar-refractivity contribution in [3.63, 3.8) is 0 Å². The van der Waals surface area contributed by atoms with Crippen LogP contribution in [0, 0.1) is 5.92 Å². The molecular formula is C22H24N2O3. The molecule has 5 heteroatoms. The Morgan fingerprint density at radius 2 is 1.89 bits per heavy atom. The second-order valence-corrected chi connectivity index (χ2v) is 7.01. The number of ether oxygens (including phenoxy) is 1. The third-order valence-electron chi connectivity index (χ3n) is 5.31. The van der Waals surface area contributed by atoms with Crippen LogP contribution in [0.4, 0.5) is 0 Å². The van der Waals surface area contributed by atoms with Gasteiger partial charge in [-0.3, -0.25) is 4.79 Å². The van der Waals surface area contributed by atoms with Gasteiger partial charge in [-0.2, -0.15) is 0 Å². The molecule has 3 aromatic rings. The summed E-state index contributed by atoms with van der Waals surface area (Å²) >= 11 is 0. The average molecular weight is 364 g/mol. The predicted octanol–water partition coefficient (Wildman–Crippen LogP) is 3.87. The minimum atomic E-state index is -0.191. The van der Waals surface area contributed by atoms with Crippen LogP contribution in [0.25, 0.3) is 11.0 Å². The van der Waals surface area contributed by atoms with Crippen LogP contribution >= 0.6 is 0 Å². The normalized spacial score (nSPS) is 19.3. The fraction of sp³-hybridized carbons (Fsp3) is 0.318. The number of benzene rings is 2. The lowest BCUT2D eigenvalue weighted by Gasteiger charge is -2.19. The van der Waals surface area contributed by atoms with E-state index in [9.17, 15) is 4.79 Å². The van der Waals surface area contributed by atoms with Crippen molar-refractivity contribution in [2.75, 3.05) is 6.54 Å². The van der Waals surface area contributed by atoms with Gasteiger partial charge in [-0.1, -0.05) is 42.8 Å². The minimum absolute atomic E-state index is 0.110. The van der Waals surface area contributed by atoms with Gasteiger partial charge in [-0.15, -0.1) is 0 Å². The van der Waals surface area contributed by atoms with E-state index in [2.05, 4.69) is 5.32 Å². The van der Waals surface area contributed by atoms with Crippen LogP contribution in [0.2, 0.25) is 0 Å². The van der Waals surface area contributed by atoms with Crippen molar-refractivity contribution >= 4 is 16.9 Å². The first-order valence-electron chi connectivity index (χ1n) is 9.45. The number of nitrogens with one attached hydrogen (secondary N) is 1. The van der Waals surface area contributed by atoms with E-state index in [1.807, 2.05) is 54.6 Å².